The Balaban J connectivity index is 2.50. The van der Waals surface area contributed by atoms with Crippen LogP contribution in [0.25, 0.3) is 0 Å². The van der Waals surface area contributed by atoms with Crippen molar-refractivity contribution in [2.45, 2.75) is 56.7 Å². The summed E-state index contributed by atoms with van der Waals surface area (Å²) >= 11 is 0. The molecule has 0 aliphatic heterocycles. The number of aryl methyl sites for hydroxylation is 3. The molecule has 0 atom stereocenters. The van der Waals surface area contributed by atoms with E-state index in [2.05, 4.69) is 11.9 Å². The number of pyridine rings is 1. The van der Waals surface area contributed by atoms with Crippen LogP contribution in [0.5, 0.6) is 5.88 Å². The second-order valence-corrected chi connectivity index (χ2v) is 7.89. The normalized spacial score (nSPS) is 11.5. The molecule has 0 fully saturated rings. The van der Waals surface area contributed by atoms with Gasteiger partial charge >= 0.3 is 0 Å². The zero-order valence-corrected chi connectivity index (χ0v) is 15.6. The van der Waals surface area contributed by atoms with Crippen LogP contribution < -0.4 is 4.74 Å². The lowest BCUT2D eigenvalue weighted by Crippen LogP contribution is -2.11. The van der Waals surface area contributed by atoms with Crippen LogP contribution in [-0.4, -0.2) is 20.0 Å². The maximum Gasteiger partial charge on any atom is 0.233 e. The molecule has 1 heterocycles. The Morgan fingerprint density at radius 3 is 2.42 bits per heavy atom. The first-order valence-electron chi connectivity index (χ1n) is 8.29. The van der Waals surface area contributed by atoms with E-state index in [0.29, 0.717) is 17.1 Å². The van der Waals surface area contributed by atoms with Crippen molar-refractivity contribution in [1.29, 1.82) is 0 Å². The van der Waals surface area contributed by atoms with Crippen LogP contribution in [0.15, 0.2) is 40.1 Å². The average Bonchev–Trinajstić information content (AvgIpc) is 2.51. The highest BCUT2D eigenvalue weighted by Gasteiger charge is 2.27. The van der Waals surface area contributed by atoms with Gasteiger partial charge in [0.15, 0.2) is 0 Å². The summed E-state index contributed by atoms with van der Waals surface area (Å²) in [5.41, 5.74) is 2.13. The van der Waals surface area contributed by atoms with Crippen molar-refractivity contribution in [2.75, 3.05) is 6.61 Å². The number of rotatable bonds is 7. The van der Waals surface area contributed by atoms with Crippen LogP contribution >= 0.6 is 0 Å². The van der Waals surface area contributed by atoms with Crippen molar-refractivity contribution in [3.8, 4) is 5.88 Å². The standard InChI is InChI=1S/C19H25NO3S/c1-5-6-9-12-23-19-18(15(3)13-16(4)20-19)24(21,22)17-11-8-7-10-14(17)2/h7-8,10-11,13H,5-6,9,12H2,1-4H3. The molecule has 4 nitrogen and oxygen atoms in total. The van der Waals surface area contributed by atoms with E-state index in [1.54, 1.807) is 38.1 Å². The van der Waals surface area contributed by atoms with E-state index < -0.39 is 9.84 Å². The summed E-state index contributed by atoms with van der Waals surface area (Å²) in [6, 6.07) is 8.77. The molecule has 2 aromatic rings. The molecule has 5 heteroatoms. The van der Waals surface area contributed by atoms with Gasteiger partial charge in [0.2, 0.25) is 15.7 Å². The number of nitrogens with zero attached hydrogens (tertiary/aromatic N) is 1. The van der Waals surface area contributed by atoms with Crippen LogP contribution in [0.4, 0.5) is 0 Å². The molecule has 0 spiro atoms. The van der Waals surface area contributed by atoms with Gasteiger partial charge in [-0.1, -0.05) is 38.0 Å². The summed E-state index contributed by atoms with van der Waals surface area (Å²) in [5.74, 6) is 0.215. The van der Waals surface area contributed by atoms with Crippen molar-refractivity contribution in [2.24, 2.45) is 0 Å². The Kier molecular flexibility index (Phi) is 5.99. The van der Waals surface area contributed by atoms with Crippen LogP contribution in [0.3, 0.4) is 0 Å². The first-order valence-corrected chi connectivity index (χ1v) is 9.78. The summed E-state index contributed by atoms with van der Waals surface area (Å²) in [4.78, 5) is 4.83. The Morgan fingerprint density at radius 1 is 1.04 bits per heavy atom. The lowest BCUT2D eigenvalue weighted by atomic mass is 10.2. The molecule has 0 aliphatic carbocycles. The Hall–Kier alpha value is -1.88. The number of aromatic nitrogens is 1. The number of benzene rings is 1. The molecule has 0 bridgehead atoms. The van der Waals surface area contributed by atoms with Gasteiger partial charge in [0, 0.05) is 5.69 Å². The van der Waals surface area contributed by atoms with Crippen molar-refractivity contribution in [1.82, 2.24) is 4.98 Å². The zero-order valence-electron chi connectivity index (χ0n) is 14.8. The van der Waals surface area contributed by atoms with Crippen molar-refractivity contribution >= 4 is 9.84 Å². The van der Waals surface area contributed by atoms with E-state index in [9.17, 15) is 8.42 Å². The second kappa shape index (κ2) is 7.79. The zero-order chi connectivity index (χ0) is 17.7. The fraction of sp³-hybridized carbons (Fsp3) is 0.421. The maximum atomic E-state index is 13.2. The SMILES string of the molecule is CCCCCOc1nc(C)cc(C)c1S(=O)(=O)c1ccccc1C. The van der Waals surface area contributed by atoms with Crippen LogP contribution in [0.1, 0.15) is 43.0 Å². The van der Waals surface area contributed by atoms with Gasteiger partial charge in [-0.05, 0) is 50.5 Å². The van der Waals surface area contributed by atoms with E-state index in [0.717, 1.165) is 30.5 Å². The number of hydrogen-bond acceptors (Lipinski definition) is 4. The summed E-state index contributed by atoms with van der Waals surface area (Å²) in [6.45, 7) is 8.02. The molecule has 0 saturated heterocycles. The molecule has 1 aromatic heterocycles. The Bertz CT molecular complexity index is 813. The first-order chi connectivity index (χ1) is 11.4. The molecule has 130 valence electrons. The number of ether oxygens (including phenoxy) is 1. The smallest absolute Gasteiger partial charge is 0.233 e. The summed E-state index contributed by atoms with van der Waals surface area (Å²) in [7, 11) is -3.68. The number of hydrogen-bond donors (Lipinski definition) is 0. The predicted octanol–water partition coefficient (Wildman–Crippen LogP) is 4.41. The average molecular weight is 347 g/mol. The lowest BCUT2D eigenvalue weighted by molar-refractivity contribution is 0.285. The molecule has 0 unspecified atom stereocenters. The molecule has 0 amide bonds. The predicted molar refractivity (Wildman–Crippen MR) is 95.4 cm³/mol. The Labute approximate surface area is 144 Å². The van der Waals surface area contributed by atoms with Crippen molar-refractivity contribution in [3.05, 3.63) is 47.2 Å². The largest absolute Gasteiger partial charge is 0.477 e. The van der Waals surface area contributed by atoms with Gasteiger partial charge < -0.3 is 4.74 Å². The monoisotopic (exact) mass is 347 g/mol. The van der Waals surface area contributed by atoms with Gasteiger partial charge in [-0.15, -0.1) is 0 Å². The van der Waals surface area contributed by atoms with Crippen molar-refractivity contribution in [3.63, 3.8) is 0 Å². The van der Waals surface area contributed by atoms with E-state index in [1.807, 2.05) is 13.0 Å². The van der Waals surface area contributed by atoms with E-state index >= 15 is 0 Å². The van der Waals surface area contributed by atoms with Crippen LogP contribution in [0.2, 0.25) is 0 Å². The van der Waals surface area contributed by atoms with Crippen LogP contribution in [0, 0.1) is 20.8 Å². The number of unbranched alkanes of at least 4 members (excludes halogenated alkanes) is 2. The first kappa shape index (κ1) is 18.5. The van der Waals surface area contributed by atoms with Gasteiger partial charge in [0.25, 0.3) is 0 Å². The topological polar surface area (TPSA) is 56.3 Å². The quantitative estimate of drug-likeness (QED) is 0.696. The molecule has 0 radical (unpaired) electrons. The second-order valence-electron chi connectivity index (χ2n) is 6.04. The maximum absolute atomic E-state index is 13.2. The van der Waals surface area contributed by atoms with E-state index in [-0.39, 0.29) is 10.8 Å². The van der Waals surface area contributed by atoms with Gasteiger partial charge in [-0.2, -0.15) is 0 Å². The van der Waals surface area contributed by atoms with Gasteiger partial charge in [-0.25, -0.2) is 13.4 Å². The van der Waals surface area contributed by atoms with E-state index in [1.165, 1.54) is 0 Å². The minimum absolute atomic E-state index is 0.180. The lowest BCUT2D eigenvalue weighted by Gasteiger charge is -2.15. The molecule has 0 saturated carbocycles. The highest BCUT2D eigenvalue weighted by atomic mass is 32.2. The highest BCUT2D eigenvalue weighted by molar-refractivity contribution is 7.91. The molecule has 0 aliphatic rings. The van der Waals surface area contributed by atoms with Gasteiger partial charge in [0.05, 0.1) is 11.5 Å². The molecular weight excluding hydrogens is 322 g/mol. The van der Waals surface area contributed by atoms with Gasteiger partial charge in [0.1, 0.15) is 4.90 Å². The fourth-order valence-corrected chi connectivity index (χ4v) is 4.49. The highest BCUT2D eigenvalue weighted by Crippen LogP contribution is 2.33. The number of sulfone groups is 1. The minimum atomic E-state index is -3.68. The molecular formula is C19H25NO3S. The van der Waals surface area contributed by atoms with Crippen LogP contribution in [-0.2, 0) is 9.84 Å². The fourth-order valence-electron chi connectivity index (χ4n) is 2.70. The third-order valence-electron chi connectivity index (χ3n) is 3.89. The van der Waals surface area contributed by atoms with Crippen molar-refractivity contribution < 1.29 is 13.2 Å². The third-order valence-corrected chi connectivity index (χ3v) is 5.97. The molecule has 2 rings (SSSR count). The summed E-state index contributed by atoms with van der Waals surface area (Å²) in [5, 5.41) is 0. The van der Waals surface area contributed by atoms with Gasteiger partial charge in [-0.3, -0.25) is 0 Å². The Morgan fingerprint density at radius 2 is 1.75 bits per heavy atom. The molecule has 24 heavy (non-hydrogen) atoms. The molecule has 1 aromatic carbocycles. The minimum Gasteiger partial charge on any atom is -0.477 e. The summed E-state index contributed by atoms with van der Waals surface area (Å²) < 4.78 is 32.1. The summed E-state index contributed by atoms with van der Waals surface area (Å²) in [6.07, 6.45) is 3.01. The third kappa shape index (κ3) is 3.96. The molecule has 0 N–H and O–H groups in total. The van der Waals surface area contributed by atoms with E-state index in [4.69, 9.17) is 4.74 Å².